The molecule has 1 rings (SSSR count). The van der Waals surface area contributed by atoms with Crippen molar-refractivity contribution >= 4 is 0 Å². The van der Waals surface area contributed by atoms with Crippen LogP contribution < -0.4 is 0 Å². The maximum Gasteiger partial charge on any atom is 0.129 e. The Labute approximate surface area is 98.2 Å². The quantitative estimate of drug-likeness (QED) is 0.819. The molecule has 88 valence electrons. The van der Waals surface area contributed by atoms with Crippen LogP contribution >= 0.6 is 0 Å². The van der Waals surface area contributed by atoms with E-state index in [9.17, 15) is 14.6 Å². The molecular formula is C12H11FN2O2. The summed E-state index contributed by atoms with van der Waals surface area (Å²) in [5.41, 5.74) is 0.421. The van der Waals surface area contributed by atoms with E-state index in [1.165, 1.54) is 12.1 Å². The molecule has 0 aliphatic heterocycles. The molecule has 4 nitrogen and oxygen atoms in total. The number of aliphatic hydroxyl groups excluding tert-OH is 2. The van der Waals surface area contributed by atoms with Gasteiger partial charge in [-0.3, -0.25) is 0 Å². The van der Waals surface area contributed by atoms with Crippen LogP contribution in [0.5, 0.6) is 0 Å². The third kappa shape index (κ3) is 3.25. The standard InChI is InChI=1S/C12H11FN2O2/c13-10-7-8(3-5-14)1-2-9(10)12(17)11(16)4-6-15/h1-2,7,11-12,16-17H,3-4H2. The Morgan fingerprint density at radius 3 is 2.47 bits per heavy atom. The summed E-state index contributed by atoms with van der Waals surface area (Å²) in [6, 6.07) is 7.53. The van der Waals surface area contributed by atoms with Gasteiger partial charge in [-0.25, -0.2) is 4.39 Å². The maximum atomic E-state index is 13.6. The summed E-state index contributed by atoms with van der Waals surface area (Å²) in [6.07, 6.45) is -2.96. The third-order valence-electron chi connectivity index (χ3n) is 2.33. The molecule has 0 heterocycles. The van der Waals surface area contributed by atoms with Gasteiger partial charge in [-0.05, 0) is 11.6 Å². The van der Waals surface area contributed by atoms with E-state index in [1.54, 1.807) is 6.07 Å². The normalized spacial score (nSPS) is 13.5. The fourth-order valence-electron chi connectivity index (χ4n) is 1.42. The minimum Gasteiger partial charge on any atom is -0.389 e. The Morgan fingerprint density at radius 2 is 1.94 bits per heavy atom. The van der Waals surface area contributed by atoms with Gasteiger partial charge in [0.25, 0.3) is 0 Å². The van der Waals surface area contributed by atoms with E-state index in [0.717, 1.165) is 6.07 Å². The minimum absolute atomic E-state index is 0.0746. The Bertz CT molecular complexity index is 476. The lowest BCUT2D eigenvalue weighted by atomic mass is 10.00. The third-order valence-corrected chi connectivity index (χ3v) is 2.33. The predicted octanol–water partition coefficient (Wildman–Crippen LogP) is 1.20. The molecule has 0 spiro atoms. The van der Waals surface area contributed by atoms with Crippen molar-refractivity contribution in [1.82, 2.24) is 0 Å². The fourth-order valence-corrected chi connectivity index (χ4v) is 1.42. The Balaban J connectivity index is 2.93. The second kappa shape index (κ2) is 5.95. The van der Waals surface area contributed by atoms with Crippen molar-refractivity contribution in [2.75, 3.05) is 0 Å². The average molecular weight is 234 g/mol. The first-order valence-corrected chi connectivity index (χ1v) is 4.98. The Kier molecular flexibility index (Phi) is 4.59. The molecule has 0 saturated heterocycles. The molecule has 0 aromatic heterocycles. The monoisotopic (exact) mass is 234 g/mol. The summed E-state index contributed by atoms with van der Waals surface area (Å²) in [6.45, 7) is 0. The van der Waals surface area contributed by atoms with E-state index in [4.69, 9.17) is 10.5 Å². The average Bonchev–Trinajstić information content (AvgIpc) is 2.29. The number of hydrogen-bond donors (Lipinski definition) is 2. The second-order valence-corrected chi connectivity index (χ2v) is 3.57. The van der Waals surface area contributed by atoms with Gasteiger partial charge in [-0.2, -0.15) is 10.5 Å². The van der Waals surface area contributed by atoms with E-state index >= 15 is 0 Å². The van der Waals surface area contributed by atoms with E-state index in [-0.39, 0.29) is 18.4 Å². The van der Waals surface area contributed by atoms with Crippen molar-refractivity contribution in [2.45, 2.75) is 25.0 Å². The smallest absolute Gasteiger partial charge is 0.129 e. The largest absolute Gasteiger partial charge is 0.389 e. The SMILES string of the molecule is N#CCc1ccc(C(O)C(O)CC#N)c(F)c1. The van der Waals surface area contributed by atoms with Crippen LogP contribution in [0.1, 0.15) is 23.7 Å². The van der Waals surface area contributed by atoms with Crippen LogP contribution in [-0.2, 0) is 6.42 Å². The summed E-state index contributed by atoms with van der Waals surface area (Å²) in [5.74, 6) is -0.692. The molecule has 1 aromatic rings. The fraction of sp³-hybridized carbons (Fsp3) is 0.333. The lowest BCUT2D eigenvalue weighted by molar-refractivity contribution is 0.0195. The van der Waals surface area contributed by atoms with Crippen LogP contribution in [0.2, 0.25) is 0 Å². The summed E-state index contributed by atoms with van der Waals surface area (Å²) in [5, 5.41) is 35.8. The lowest BCUT2D eigenvalue weighted by Gasteiger charge is -2.16. The Morgan fingerprint density at radius 1 is 1.24 bits per heavy atom. The number of aliphatic hydroxyl groups is 2. The van der Waals surface area contributed by atoms with Gasteiger partial charge in [0.1, 0.15) is 11.9 Å². The molecule has 0 fully saturated rings. The van der Waals surface area contributed by atoms with Gasteiger partial charge >= 0.3 is 0 Å². The van der Waals surface area contributed by atoms with Crippen LogP contribution in [-0.4, -0.2) is 16.3 Å². The molecule has 0 radical (unpaired) electrons. The van der Waals surface area contributed by atoms with Crippen molar-refractivity contribution in [2.24, 2.45) is 0 Å². The molecule has 2 N–H and O–H groups in total. The molecule has 0 saturated carbocycles. The first-order valence-electron chi connectivity index (χ1n) is 4.98. The molecule has 0 amide bonds. The van der Waals surface area contributed by atoms with Crippen LogP contribution in [0.25, 0.3) is 0 Å². The van der Waals surface area contributed by atoms with Gasteiger partial charge in [-0.15, -0.1) is 0 Å². The van der Waals surface area contributed by atoms with Gasteiger partial charge in [-0.1, -0.05) is 12.1 Å². The zero-order chi connectivity index (χ0) is 12.8. The maximum absolute atomic E-state index is 13.6. The lowest BCUT2D eigenvalue weighted by Crippen LogP contribution is -2.18. The molecule has 1 aromatic carbocycles. The van der Waals surface area contributed by atoms with Crippen molar-refractivity contribution in [3.8, 4) is 12.1 Å². The molecule has 2 atom stereocenters. The number of nitriles is 2. The molecule has 2 unspecified atom stereocenters. The van der Waals surface area contributed by atoms with Crippen molar-refractivity contribution in [3.63, 3.8) is 0 Å². The van der Waals surface area contributed by atoms with Crippen molar-refractivity contribution < 1.29 is 14.6 Å². The first-order chi connectivity index (χ1) is 8.10. The van der Waals surface area contributed by atoms with Gasteiger partial charge in [0.2, 0.25) is 0 Å². The van der Waals surface area contributed by atoms with Crippen LogP contribution in [0, 0.1) is 28.5 Å². The molecule has 0 aliphatic rings. The van der Waals surface area contributed by atoms with E-state index in [1.807, 2.05) is 6.07 Å². The number of hydrogen-bond acceptors (Lipinski definition) is 4. The summed E-state index contributed by atoms with van der Waals surface area (Å²) in [4.78, 5) is 0. The number of benzene rings is 1. The first kappa shape index (κ1) is 13.1. The predicted molar refractivity (Wildman–Crippen MR) is 56.9 cm³/mol. The summed E-state index contributed by atoms with van der Waals surface area (Å²) in [7, 11) is 0. The van der Waals surface area contributed by atoms with Gasteiger partial charge in [0.15, 0.2) is 0 Å². The highest BCUT2D eigenvalue weighted by Crippen LogP contribution is 2.22. The van der Waals surface area contributed by atoms with E-state index < -0.39 is 18.0 Å². The number of rotatable bonds is 4. The van der Waals surface area contributed by atoms with E-state index in [2.05, 4.69) is 0 Å². The van der Waals surface area contributed by atoms with Crippen molar-refractivity contribution in [3.05, 3.63) is 35.1 Å². The zero-order valence-electron chi connectivity index (χ0n) is 8.97. The molecular weight excluding hydrogens is 223 g/mol. The number of halogens is 1. The molecule has 0 bridgehead atoms. The van der Waals surface area contributed by atoms with Gasteiger partial charge < -0.3 is 10.2 Å². The highest BCUT2D eigenvalue weighted by Gasteiger charge is 2.21. The molecule has 0 aliphatic carbocycles. The number of nitrogens with zero attached hydrogens (tertiary/aromatic N) is 2. The topological polar surface area (TPSA) is 88.0 Å². The zero-order valence-corrected chi connectivity index (χ0v) is 8.97. The van der Waals surface area contributed by atoms with E-state index in [0.29, 0.717) is 5.56 Å². The van der Waals surface area contributed by atoms with Gasteiger partial charge in [0.05, 0.1) is 31.1 Å². The second-order valence-electron chi connectivity index (χ2n) is 3.57. The van der Waals surface area contributed by atoms with Crippen LogP contribution in [0.15, 0.2) is 18.2 Å². The summed E-state index contributed by atoms with van der Waals surface area (Å²) < 4.78 is 13.6. The minimum atomic E-state index is -1.44. The highest BCUT2D eigenvalue weighted by atomic mass is 19.1. The van der Waals surface area contributed by atoms with Crippen LogP contribution in [0.4, 0.5) is 4.39 Å². The highest BCUT2D eigenvalue weighted by molar-refractivity contribution is 5.28. The molecule has 5 heteroatoms. The van der Waals surface area contributed by atoms with Crippen molar-refractivity contribution in [1.29, 1.82) is 10.5 Å². The molecule has 17 heavy (non-hydrogen) atoms. The summed E-state index contributed by atoms with van der Waals surface area (Å²) >= 11 is 0. The van der Waals surface area contributed by atoms with Crippen LogP contribution in [0.3, 0.4) is 0 Å². The van der Waals surface area contributed by atoms with Gasteiger partial charge in [0, 0.05) is 5.56 Å². The Hall–Kier alpha value is -1.95.